The SMILES string of the molecule is COC(=O)CC=Cc1cccc(N=C=S)c1. The summed E-state index contributed by atoms with van der Waals surface area (Å²) in [6.45, 7) is 0. The highest BCUT2D eigenvalue weighted by atomic mass is 32.1. The van der Waals surface area contributed by atoms with Crippen LogP contribution in [0.2, 0.25) is 0 Å². The third-order valence-electron chi connectivity index (χ3n) is 1.87. The lowest BCUT2D eigenvalue weighted by atomic mass is 10.2. The Hall–Kier alpha value is -1.77. The van der Waals surface area contributed by atoms with Crippen molar-refractivity contribution in [1.29, 1.82) is 0 Å². The van der Waals surface area contributed by atoms with Crippen molar-refractivity contribution >= 4 is 35.1 Å². The van der Waals surface area contributed by atoms with Crippen molar-refractivity contribution in [3.63, 3.8) is 0 Å². The standard InChI is InChI=1S/C12H11NO2S/c1-15-12(14)7-3-5-10-4-2-6-11(8-10)13-9-16/h2-6,8H,7H2,1H3. The molecule has 0 saturated carbocycles. The summed E-state index contributed by atoms with van der Waals surface area (Å²) in [5, 5.41) is 2.30. The predicted octanol–water partition coefficient (Wildman–Crippen LogP) is 3.00. The molecular weight excluding hydrogens is 222 g/mol. The van der Waals surface area contributed by atoms with Crippen molar-refractivity contribution in [1.82, 2.24) is 0 Å². The molecule has 1 aromatic carbocycles. The van der Waals surface area contributed by atoms with E-state index in [2.05, 4.69) is 27.1 Å². The van der Waals surface area contributed by atoms with Crippen LogP contribution >= 0.6 is 12.2 Å². The van der Waals surface area contributed by atoms with Crippen LogP contribution in [0.1, 0.15) is 12.0 Å². The van der Waals surface area contributed by atoms with Crippen molar-refractivity contribution < 1.29 is 9.53 Å². The van der Waals surface area contributed by atoms with E-state index in [0.717, 1.165) is 11.3 Å². The fourth-order valence-corrected chi connectivity index (χ4v) is 1.23. The highest BCUT2D eigenvalue weighted by molar-refractivity contribution is 7.78. The van der Waals surface area contributed by atoms with Crippen molar-refractivity contribution in [3.05, 3.63) is 35.9 Å². The number of isothiocyanates is 1. The smallest absolute Gasteiger partial charge is 0.309 e. The third-order valence-corrected chi connectivity index (χ3v) is 1.96. The molecule has 1 aromatic rings. The van der Waals surface area contributed by atoms with Crippen LogP contribution in [0.4, 0.5) is 5.69 Å². The summed E-state index contributed by atoms with van der Waals surface area (Å²) in [6, 6.07) is 7.46. The van der Waals surface area contributed by atoms with E-state index in [1.807, 2.05) is 30.3 Å². The van der Waals surface area contributed by atoms with Crippen LogP contribution in [0.3, 0.4) is 0 Å². The molecule has 0 saturated heterocycles. The van der Waals surface area contributed by atoms with Crippen LogP contribution in [-0.4, -0.2) is 18.2 Å². The van der Waals surface area contributed by atoms with E-state index >= 15 is 0 Å². The third kappa shape index (κ3) is 4.17. The first-order valence-electron chi connectivity index (χ1n) is 4.67. The number of esters is 1. The van der Waals surface area contributed by atoms with Crippen molar-refractivity contribution in [2.75, 3.05) is 7.11 Å². The van der Waals surface area contributed by atoms with Gasteiger partial charge in [0.2, 0.25) is 0 Å². The van der Waals surface area contributed by atoms with E-state index in [1.54, 1.807) is 6.08 Å². The molecule has 0 heterocycles. The molecule has 82 valence electrons. The minimum atomic E-state index is -0.260. The second-order valence-corrected chi connectivity index (χ2v) is 3.16. The summed E-state index contributed by atoms with van der Waals surface area (Å²) >= 11 is 4.52. The number of carbonyl (C=O) groups is 1. The van der Waals surface area contributed by atoms with Crippen LogP contribution in [-0.2, 0) is 9.53 Å². The molecule has 0 bridgehead atoms. The molecular formula is C12H11NO2S. The number of rotatable bonds is 4. The van der Waals surface area contributed by atoms with Gasteiger partial charge in [-0.2, -0.15) is 4.99 Å². The highest BCUT2D eigenvalue weighted by Gasteiger charge is 1.94. The van der Waals surface area contributed by atoms with Crippen molar-refractivity contribution in [3.8, 4) is 0 Å². The molecule has 0 aliphatic carbocycles. The minimum absolute atomic E-state index is 0.260. The lowest BCUT2D eigenvalue weighted by Gasteiger charge is -1.95. The zero-order chi connectivity index (χ0) is 11.8. The van der Waals surface area contributed by atoms with E-state index in [0.29, 0.717) is 0 Å². The molecule has 0 aliphatic rings. The molecule has 0 spiro atoms. The van der Waals surface area contributed by atoms with Gasteiger partial charge in [0.05, 0.1) is 24.4 Å². The molecule has 0 N–H and O–H groups in total. The summed E-state index contributed by atoms with van der Waals surface area (Å²) in [5.74, 6) is -0.260. The molecule has 0 amide bonds. The summed E-state index contributed by atoms with van der Waals surface area (Å²) < 4.78 is 4.52. The Labute approximate surface area is 99.5 Å². The van der Waals surface area contributed by atoms with Crippen LogP contribution in [0.5, 0.6) is 0 Å². The van der Waals surface area contributed by atoms with Gasteiger partial charge in [-0.15, -0.1) is 0 Å². The zero-order valence-electron chi connectivity index (χ0n) is 8.84. The quantitative estimate of drug-likeness (QED) is 0.456. The van der Waals surface area contributed by atoms with Crippen LogP contribution in [0.15, 0.2) is 35.3 Å². The molecule has 3 nitrogen and oxygen atoms in total. The molecule has 0 aliphatic heterocycles. The van der Waals surface area contributed by atoms with Crippen LogP contribution < -0.4 is 0 Å². The topological polar surface area (TPSA) is 38.7 Å². The minimum Gasteiger partial charge on any atom is -0.469 e. The maximum atomic E-state index is 10.9. The largest absolute Gasteiger partial charge is 0.469 e. The lowest BCUT2D eigenvalue weighted by molar-refractivity contribution is -0.139. The fourth-order valence-electron chi connectivity index (χ4n) is 1.13. The first-order valence-corrected chi connectivity index (χ1v) is 5.08. The zero-order valence-corrected chi connectivity index (χ0v) is 9.66. The Kier molecular flexibility index (Phi) is 5.12. The Morgan fingerprint density at radius 1 is 1.62 bits per heavy atom. The van der Waals surface area contributed by atoms with E-state index in [1.165, 1.54) is 7.11 Å². The molecule has 0 fully saturated rings. The average Bonchev–Trinajstić information content (AvgIpc) is 2.30. The molecule has 16 heavy (non-hydrogen) atoms. The second kappa shape index (κ2) is 6.67. The van der Waals surface area contributed by atoms with Gasteiger partial charge in [-0.25, -0.2) is 0 Å². The molecule has 4 heteroatoms. The van der Waals surface area contributed by atoms with Gasteiger partial charge in [0.15, 0.2) is 0 Å². The number of benzene rings is 1. The fraction of sp³-hybridized carbons (Fsp3) is 0.167. The van der Waals surface area contributed by atoms with Crippen LogP contribution in [0.25, 0.3) is 6.08 Å². The summed E-state index contributed by atoms with van der Waals surface area (Å²) in [4.78, 5) is 14.7. The van der Waals surface area contributed by atoms with Gasteiger partial charge in [0, 0.05) is 0 Å². The molecule has 1 rings (SSSR count). The van der Waals surface area contributed by atoms with Gasteiger partial charge in [-0.05, 0) is 29.9 Å². The van der Waals surface area contributed by atoms with Gasteiger partial charge in [0.1, 0.15) is 0 Å². The average molecular weight is 233 g/mol. The van der Waals surface area contributed by atoms with Gasteiger partial charge >= 0.3 is 5.97 Å². The van der Waals surface area contributed by atoms with E-state index in [9.17, 15) is 4.79 Å². The van der Waals surface area contributed by atoms with Crippen molar-refractivity contribution in [2.45, 2.75) is 6.42 Å². The maximum absolute atomic E-state index is 10.9. The van der Waals surface area contributed by atoms with E-state index in [4.69, 9.17) is 0 Å². The number of nitrogens with zero attached hydrogens (tertiary/aromatic N) is 1. The summed E-state index contributed by atoms with van der Waals surface area (Å²) in [5.41, 5.74) is 1.70. The second-order valence-electron chi connectivity index (χ2n) is 2.98. The first-order chi connectivity index (χ1) is 7.76. The predicted molar refractivity (Wildman–Crippen MR) is 66.8 cm³/mol. The number of thiocarbonyl (C=S) groups is 1. The number of carbonyl (C=O) groups excluding carboxylic acids is 1. The Balaban J connectivity index is 2.70. The molecule has 0 atom stereocenters. The van der Waals surface area contributed by atoms with Gasteiger partial charge in [0.25, 0.3) is 0 Å². The Morgan fingerprint density at radius 3 is 3.12 bits per heavy atom. The molecule has 0 aromatic heterocycles. The number of hydrogen-bond acceptors (Lipinski definition) is 4. The Morgan fingerprint density at radius 2 is 2.44 bits per heavy atom. The number of hydrogen-bond donors (Lipinski definition) is 0. The van der Waals surface area contributed by atoms with Gasteiger partial charge in [-0.1, -0.05) is 24.3 Å². The Bertz CT molecular complexity index is 448. The monoisotopic (exact) mass is 233 g/mol. The lowest BCUT2D eigenvalue weighted by Crippen LogP contribution is -1.96. The van der Waals surface area contributed by atoms with Gasteiger partial charge < -0.3 is 4.74 Å². The number of methoxy groups -OCH3 is 1. The summed E-state index contributed by atoms with van der Waals surface area (Å²) in [6.07, 6.45) is 3.84. The maximum Gasteiger partial charge on any atom is 0.309 e. The van der Waals surface area contributed by atoms with Crippen LogP contribution in [0, 0.1) is 0 Å². The van der Waals surface area contributed by atoms with Crippen molar-refractivity contribution in [2.24, 2.45) is 4.99 Å². The molecule has 0 unspecified atom stereocenters. The van der Waals surface area contributed by atoms with Gasteiger partial charge in [-0.3, -0.25) is 4.79 Å². The first kappa shape index (κ1) is 12.3. The number of aliphatic imine (C=N–C) groups is 1. The molecule has 0 radical (unpaired) electrons. The number of ether oxygens (including phenoxy) is 1. The normalized spacial score (nSPS) is 9.81. The van der Waals surface area contributed by atoms with E-state index in [-0.39, 0.29) is 12.4 Å². The summed E-state index contributed by atoms with van der Waals surface area (Å²) in [7, 11) is 1.37. The van der Waals surface area contributed by atoms with E-state index < -0.39 is 0 Å². The highest BCUT2D eigenvalue weighted by Crippen LogP contribution is 2.14.